The van der Waals surface area contributed by atoms with Crippen LogP contribution < -0.4 is 11.1 Å². The first kappa shape index (κ1) is 22.6. The van der Waals surface area contributed by atoms with Gasteiger partial charge in [-0.2, -0.15) is 14.8 Å². The van der Waals surface area contributed by atoms with Gasteiger partial charge in [0.05, 0.1) is 24.9 Å². The van der Waals surface area contributed by atoms with Crippen molar-refractivity contribution in [2.75, 3.05) is 17.6 Å². The Morgan fingerprint density at radius 1 is 1.31 bits per heavy atom. The monoisotopic (exact) mass is 484 g/mol. The molecule has 1 aliphatic rings. The molecule has 0 saturated carbocycles. The molecule has 4 aromatic heterocycles. The quantitative estimate of drug-likeness (QED) is 0.244. The third kappa shape index (κ3) is 4.24. The van der Waals surface area contributed by atoms with Gasteiger partial charge in [-0.05, 0) is 12.1 Å². The number of hydrogen-bond acceptors (Lipinski definition) is 13. The fourth-order valence-corrected chi connectivity index (χ4v) is 3.90. The molecule has 0 amide bonds. The number of anilines is 2. The van der Waals surface area contributed by atoms with Crippen LogP contribution in [0.15, 0.2) is 18.9 Å². The highest BCUT2D eigenvalue weighted by Crippen LogP contribution is 2.40. The molecule has 4 aromatic rings. The van der Waals surface area contributed by atoms with Gasteiger partial charge < -0.3 is 30.2 Å². The molecule has 4 atom stereocenters. The number of hydrogen-bond donors (Lipinski definition) is 3. The predicted octanol–water partition coefficient (Wildman–Crippen LogP) is -1.02. The minimum atomic E-state index is -1.26. The van der Waals surface area contributed by atoms with Gasteiger partial charge in [-0.25, -0.2) is 9.97 Å². The number of imidazole rings is 2. The fraction of sp³-hybridized carbons (Fsp3) is 0.474. The molecular weight excluding hydrogens is 460 g/mol. The average Bonchev–Trinajstić information content (AvgIpc) is 3.62. The smallest absolute Gasteiger partial charge is 0.293 e. The van der Waals surface area contributed by atoms with E-state index in [4.69, 9.17) is 15.2 Å². The lowest BCUT2D eigenvalue weighted by atomic mass is 10.1. The molecule has 0 bridgehead atoms. The van der Waals surface area contributed by atoms with Crippen LogP contribution in [0.2, 0.25) is 0 Å². The Morgan fingerprint density at radius 2 is 2.17 bits per heavy atom. The third-order valence-electron chi connectivity index (χ3n) is 5.58. The second kappa shape index (κ2) is 9.22. The van der Waals surface area contributed by atoms with Crippen molar-refractivity contribution in [3.8, 4) is 0 Å². The first-order valence-electron chi connectivity index (χ1n) is 10.9. The molecular formula is C19H24N12O4. The summed E-state index contributed by atoms with van der Waals surface area (Å²) in [7, 11) is 1.90. The molecule has 35 heavy (non-hydrogen) atoms. The number of nitrogens with one attached hydrogen (secondary N) is 1. The van der Waals surface area contributed by atoms with E-state index in [1.165, 1.54) is 15.7 Å². The zero-order valence-electron chi connectivity index (χ0n) is 19.0. The number of nitrogens with two attached hydrogens (primary N) is 1. The molecule has 5 heterocycles. The molecule has 16 nitrogen and oxygen atoms in total. The molecule has 0 spiro atoms. The van der Waals surface area contributed by atoms with Crippen LogP contribution in [0, 0.1) is 0 Å². The predicted molar refractivity (Wildman–Crippen MR) is 118 cm³/mol. The number of fused-ring (bicyclic) bond motifs is 1. The molecule has 1 fully saturated rings. The Hall–Kier alpha value is -4.18. The summed E-state index contributed by atoms with van der Waals surface area (Å²) in [6, 6.07) is 0. The molecule has 5 rings (SSSR count). The lowest BCUT2D eigenvalue weighted by molar-refractivity contribution is -0.142. The number of aliphatic hydroxyl groups is 1. The number of aliphatic hydroxyl groups excluding tert-OH is 1. The minimum absolute atomic E-state index is 0.157. The lowest BCUT2D eigenvalue weighted by Gasteiger charge is -2.19. The van der Waals surface area contributed by atoms with Gasteiger partial charge >= 0.3 is 0 Å². The normalized spacial score (nSPS) is 22.0. The average molecular weight is 484 g/mol. The Bertz CT molecular complexity index is 1330. The van der Waals surface area contributed by atoms with Gasteiger partial charge in [0, 0.05) is 26.2 Å². The maximum atomic E-state index is 11.2. The molecule has 0 aliphatic carbocycles. The van der Waals surface area contributed by atoms with Gasteiger partial charge in [-0.3, -0.25) is 9.36 Å². The van der Waals surface area contributed by atoms with Crippen LogP contribution in [0.25, 0.3) is 11.2 Å². The van der Waals surface area contributed by atoms with Crippen molar-refractivity contribution in [3.05, 3.63) is 30.4 Å². The van der Waals surface area contributed by atoms with Crippen molar-refractivity contribution in [1.82, 2.24) is 49.3 Å². The minimum Gasteiger partial charge on any atom is -0.457 e. The second-order valence-electron chi connectivity index (χ2n) is 7.93. The second-order valence-corrected chi connectivity index (χ2v) is 7.93. The Kier molecular flexibility index (Phi) is 5.96. The van der Waals surface area contributed by atoms with Gasteiger partial charge in [0.2, 0.25) is 11.8 Å². The Balaban J connectivity index is 1.42. The molecule has 0 aromatic carbocycles. The number of nitrogen functional groups attached to an aromatic ring is 1. The van der Waals surface area contributed by atoms with Crippen molar-refractivity contribution >= 4 is 29.4 Å². The number of tetrazole rings is 1. The van der Waals surface area contributed by atoms with E-state index >= 15 is 0 Å². The van der Waals surface area contributed by atoms with Gasteiger partial charge in [0.1, 0.15) is 11.6 Å². The van der Waals surface area contributed by atoms with Crippen LogP contribution in [-0.4, -0.2) is 79.6 Å². The van der Waals surface area contributed by atoms with E-state index in [9.17, 15) is 9.90 Å². The topological polar surface area (TPSA) is 199 Å². The molecule has 0 radical (unpaired) electrons. The summed E-state index contributed by atoms with van der Waals surface area (Å²) in [4.78, 5) is 29.9. The third-order valence-corrected chi connectivity index (χ3v) is 5.58. The van der Waals surface area contributed by atoms with Crippen molar-refractivity contribution in [3.63, 3.8) is 0 Å². The molecule has 1 saturated heterocycles. The summed E-state index contributed by atoms with van der Waals surface area (Å²) in [6.45, 7) is 3.11. The highest BCUT2D eigenvalue weighted by molar-refractivity contribution is 5.83. The summed E-state index contributed by atoms with van der Waals surface area (Å²) in [6.07, 6.45) is 1.44. The van der Waals surface area contributed by atoms with E-state index in [0.29, 0.717) is 30.7 Å². The number of nitrogens with zero attached hydrogens (tertiary/aromatic N) is 10. The fourth-order valence-electron chi connectivity index (χ4n) is 3.90. The number of carbonyl (C=O) groups excluding carboxylic acids is 1. The highest BCUT2D eigenvalue weighted by Gasteiger charge is 2.49. The van der Waals surface area contributed by atoms with Crippen LogP contribution in [0.5, 0.6) is 0 Å². The molecule has 184 valence electrons. The van der Waals surface area contributed by atoms with Gasteiger partial charge in [0.15, 0.2) is 29.9 Å². The number of rotatable bonds is 9. The number of aryl methyl sites for hydroxylation is 2. The largest absolute Gasteiger partial charge is 0.457 e. The van der Waals surface area contributed by atoms with E-state index in [1.807, 2.05) is 24.7 Å². The molecule has 16 heteroatoms. The summed E-state index contributed by atoms with van der Waals surface area (Å²) >= 11 is 0. The maximum Gasteiger partial charge on any atom is 0.293 e. The highest BCUT2D eigenvalue weighted by atomic mass is 16.6. The van der Waals surface area contributed by atoms with Crippen LogP contribution in [0.3, 0.4) is 0 Å². The van der Waals surface area contributed by atoms with Crippen LogP contribution >= 0.6 is 0 Å². The summed E-state index contributed by atoms with van der Waals surface area (Å²) in [5.74, 6) is 0.601. The zero-order valence-corrected chi connectivity index (χ0v) is 19.0. The van der Waals surface area contributed by atoms with E-state index in [1.54, 1.807) is 6.33 Å². The molecule has 0 unspecified atom stereocenters. The first-order valence-corrected chi connectivity index (χ1v) is 10.9. The molecule has 4 N–H and O–H groups in total. The van der Waals surface area contributed by atoms with E-state index in [-0.39, 0.29) is 24.1 Å². The summed E-state index contributed by atoms with van der Waals surface area (Å²) in [5.41, 5.74) is 7.71. The first-order chi connectivity index (χ1) is 17.0. The van der Waals surface area contributed by atoms with Gasteiger partial charge in [-0.15, -0.1) is 10.2 Å². The van der Waals surface area contributed by atoms with E-state index < -0.39 is 24.5 Å². The van der Waals surface area contributed by atoms with Gasteiger partial charge in [0.25, 0.3) is 6.47 Å². The van der Waals surface area contributed by atoms with Crippen molar-refractivity contribution < 1.29 is 19.4 Å². The summed E-state index contributed by atoms with van der Waals surface area (Å²) < 4.78 is 14.6. The van der Waals surface area contributed by atoms with Crippen LogP contribution in [0.1, 0.15) is 30.8 Å². The van der Waals surface area contributed by atoms with Crippen LogP contribution in [-0.2, 0) is 34.3 Å². The Labute approximate surface area is 198 Å². The molecule has 1 aliphatic heterocycles. The maximum absolute atomic E-state index is 11.2. The van der Waals surface area contributed by atoms with Crippen molar-refractivity contribution in [2.45, 2.75) is 44.4 Å². The lowest BCUT2D eigenvalue weighted by Crippen LogP contribution is -2.32. The zero-order chi connectivity index (χ0) is 24.5. The Morgan fingerprint density at radius 3 is 2.89 bits per heavy atom. The summed E-state index contributed by atoms with van der Waals surface area (Å²) in [5, 5.41) is 26.0. The standard InChI is InChI=1S/C19H24N12O4/c1-3-31-27-16(26-28-31)13-12(33)14(34-9-32)18(35-13)30-8-23-11-15(20)24-19(25-17(11)30)21-5-4-10-6-29(2)7-22-10/h6-9,12-14,18,33H,3-5H2,1-2H3,(H3,20,21,24,25)/t12-,13+,14-,18-/m1/s1. The van der Waals surface area contributed by atoms with Crippen LogP contribution in [0.4, 0.5) is 11.8 Å². The SMILES string of the molecule is CCn1nnc([C@H]2O[C@@H](n3cnc4c(N)nc(NCCc5cn(C)cn5)nc43)[C@H](OC=O)[C@@H]2O)n1. The van der Waals surface area contributed by atoms with Crippen molar-refractivity contribution in [2.24, 2.45) is 7.05 Å². The van der Waals surface area contributed by atoms with E-state index in [0.717, 1.165) is 5.69 Å². The van der Waals surface area contributed by atoms with Crippen molar-refractivity contribution in [1.29, 1.82) is 0 Å². The number of aromatic nitrogens is 10. The number of carbonyl (C=O) groups is 1. The van der Waals surface area contributed by atoms with Gasteiger partial charge in [-0.1, -0.05) is 0 Å². The van der Waals surface area contributed by atoms with E-state index in [2.05, 4.69) is 40.7 Å². The number of ether oxygens (including phenoxy) is 2.